The van der Waals surface area contributed by atoms with Gasteiger partial charge in [-0.15, -0.1) is 0 Å². The van der Waals surface area contributed by atoms with E-state index >= 15 is 0 Å². The Labute approximate surface area is 104 Å². The van der Waals surface area contributed by atoms with Gasteiger partial charge < -0.3 is 10.3 Å². The standard InChI is InChI=1S/C13H13N5/c1-2-4-10-9(3-1)15-13(16-10)12-8-5-6-14-7-11(8)17-18-12/h1-4,14H,5-7H2,(H,15,16)(H,17,18). The lowest BCUT2D eigenvalue weighted by Crippen LogP contribution is -2.23. The molecule has 0 bridgehead atoms. The molecule has 1 aliphatic heterocycles. The molecule has 0 saturated carbocycles. The normalized spacial score (nSPS) is 14.9. The van der Waals surface area contributed by atoms with Crippen LogP contribution < -0.4 is 5.32 Å². The van der Waals surface area contributed by atoms with Crippen molar-refractivity contribution in [2.75, 3.05) is 6.54 Å². The summed E-state index contributed by atoms with van der Waals surface area (Å²) in [6.45, 7) is 1.84. The number of benzene rings is 1. The van der Waals surface area contributed by atoms with Gasteiger partial charge in [-0.2, -0.15) is 5.10 Å². The quantitative estimate of drug-likeness (QED) is 0.604. The molecule has 0 atom stereocenters. The number of H-pyrrole nitrogens is 2. The molecule has 5 nitrogen and oxygen atoms in total. The van der Waals surface area contributed by atoms with Gasteiger partial charge in [-0.25, -0.2) is 4.98 Å². The van der Waals surface area contributed by atoms with Gasteiger partial charge in [0.2, 0.25) is 0 Å². The highest BCUT2D eigenvalue weighted by molar-refractivity contribution is 5.79. The minimum absolute atomic E-state index is 0.839. The van der Waals surface area contributed by atoms with Crippen molar-refractivity contribution in [3.63, 3.8) is 0 Å². The van der Waals surface area contributed by atoms with E-state index < -0.39 is 0 Å². The molecule has 0 amide bonds. The summed E-state index contributed by atoms with van der Waals surface area (Å²) < 4.78 is 0. The number of nitrogens with one attached hydrogen (secondary N) is 3. The topological polar surface area (TPSA) is 69.4 Å². The first-order valence-corrected chi connectivity index (χ1v) is 6.14. The van der Waals surface area contributed by atoms with Gasteiger partial charge in [0, 0.05) is 12.1 Å². The summed E-state index contributed by atoms with van der Waals surface area (Å²) in [5.74, 6) is 0.881. The number of hydrogen-bond acceptors (Lipinski definition) is 3. The predicted molar refractivity (Wildman–Crippen MR) is 69.1 cm³/mol. The van der Waals surface area contributed by atoms with Crippen molar-refractivity contribution in [1.82, 2.24) is 25.5 Å². The number of para-hydroxylation sites is 2. The van der Waals surface area contributed by atoms with Crippen molar-refractivity contribution >= 4 is 11.0 Å². The van der Waals surface area contributed by atoms with Crippen molar-refractivity contribution in [2.24, 2.45) is 0 Å². The molecule has 3 N–H and O–H groups in total. The lowest BCUT2D eigenvalue weighted by molar-refractivity contribution is 0.633. The van der Waals surface area contributed by atoms with E-state index in [2.05, 4.69) is 25.5 Å². The van der Waals surface area contributed by atoms with Gasteiger partial charge >= 0.3 is 0 Å². The van der Waals surface area contributed by atoms with Crippen LogP contribution in [0.2, 0.25) is 0 Å². The van der Waals surface area contributed by atoms with Gasteiger partial charge in [0.1, 0.15) is 5.69 Å². The summed E-state index contributed by atoms with van der Waals surface area (Å²) in [6, 6.07) is 8.06. The lowest BCUT2D eigenvalue weighted by atomic mass is 10.1. The minimum atomic E-state index is 0.839. The average molecular weight is 239 g/mol. The van der Waals surface area contributed by atoms with Crippen LogP contribution in [-0.4, -0.2) is 26.7 Å². The second-order valence-electron chi connectivity index (χ2n) is 4.55. The van der Waals surface area contributed by atoms with E-state index in [0.29, 0.717) is 0 Å². The van der Waals surface area contributed by atoms with E-state index in [1.807, 2.05) is 24.3 Å². The van der Waals surface area contributed by atoms with E-state index in [9.17, 15) is 0 Å². The lowest BCUT2D eigenvalue weighted by Gasteiger charge is -2.11. The number of aromatic amines is 2. The maximum atomic E-state index is 4.62. The van der Waals surface area contributed by atoms with E-state index in [-0.39, 0.29) is 0 Å². The summed E-state index contributed by atoms with van der Waals surface area (Å²) in [7, 11) is 0. The minimum Gasteiger partial charge on any atom is -0.337 e. The zero-order chi connectivity index (χ0) is 11.9. The molecule has 1 aliphatic rings. The Kier molecular flexibility index (Phi) is 2.01. The Morgan fingerprint density at radius 2 is 2.11 bits per heavy atom. The third-order valence-corrected chi connectivity index (χ3v) is 3.42. The molecule has 0 aliphatic carbocycles. The second-order valence-corrected chi connectivity index (χ2v) is 4.55. The van der Waals surface area contributed by atoms with E-state index in [0.717, 1.165) is 47.8 Å². The first-order chi connectivity index (χ1) is 8.92. The van der Waals surface area contributed by atoms with E-state index in [1.165, 1.54) is 5.56 Å². The Hall–Kier alpha value is -2.14. The molecule has 0 radical (unpaired) electrons. The number of fused-ring (bicyclic) bond motifs is 2. The molecule has 90 valence electrons. The van der Waals surface area contributed by atoms with Gasteiger partial charge in [-0.3, -0.25) is 5.10 Å². The highest BCUT2D eigenvalue weighted by Gasteiger charge is 2.19. The molecule has 5 heteroatoms. The van der Waals surface area contributed by atoms with Crippen LogP contribution in [0, 0.1) is 0 Å². The van der Waals surface area contributed by atoms with Crippen LogP contribution in [-0.2, 0) is 13.0 Å². The molecule has 18 heavy (non-hydrogen) atoms. The number of imidazole rings is 1. The first-order valence-electron chi connectivity index (χ1n) is 6.14. The number of rotatable bonds is 1. The van der Waals surface area contributed by atoms with Gasteiger partial charge in [-0.05, 0) is 25.1 Å². The first kappa shape index (κ1) is 9.85. The maximum Gasteiger partial charge on any atom is 0.156 e. The van der Waals surface area contributed by atoms with Crippen molar-refractivity contribution in [2.45, 2.75) is 13.0 Å². The largest absolute Gasteiger partial charge is 0.337 e. The Balaban J connectivity index is 1.89. The van der Waals surface area contributed by atoms with Gasteiger partial charge in [0.25, 0.3) is 0 Å². The van der Waals surface area contributed by atoms with Gasteiger partial charge in [-0.1, -0.05) is 12.1 Å². The Bertz CT molecular complexity index is 676. The molecule has 0 saturated heterocycles. The van der Waals surface area contributed by atoms with Crippen LogP contribution in [0.3, 0.4) is 0 Å². The molecule has 4 rings (SSSR count). The summed E-state index contributed by atoms with van der Waals surface area (Å²) in [5.41, 5.74) is 5.47. The van der Waals surface area contributed by atoms with Crippen LogP contribution in [0.1, 0.15) is 11.3 Å². The molecular weight excluding hydrogens is 226 g/mol. The maximum absolute atomic E-state index is 4.62. The van der Waals surface area contributed by atoms with Crippen molar-refractivity contribution in [3.8, 4) is 11.5 Å². The zero-order valence-corrected chi connectivity index (χ0v) is 9.83. The van der Waals surface area contributed by atoms with Gasteiger partial charge in [0.05, 0.1) is 16.7 Å². The SMILES string of the molecule is c1ccc2[nH]c(-c3[nH]nc4c3CCNC4)nc2c1. The van der Waals surface area contributed by atoms with E-state index in [4.69, 9.17) is 0 Å². The highest BCUT2D eigenvalue weighted by Crippen LogP contribution is 2.25. The molecular formula is C13H13N5. The number of hydrogen-bond donors (Lipinski definition) is 3. The molecule has 1 aromatic carbocycles. The van der Waals surface area contributed by atoms with Crippen molar-refractivity contribution in [1.29, 1.82) is 0 Å². The van der Waals surface area contributed by atoms with Crippen molar-refractivity contribution < 1.29 is 0 Å². The van der Waals surface area contributed by atoms with Crippen LogP contribution in [0.25, 0.3) is 22.6 Å². The third-order valence-electron chi connectivity index (χ3n) is 3.42. The molecule has 0 unspecified atom stereocenters. The summed E-state index contributed by atoms with van der Waals surface area (Å²) in [5, 5.41) is 10.8. The fourth-order valence-electron chi connectivity index (χ4n) is 2.51. The average Bonchev–Trinajstić information content (AvgIpc) is 3.02. The second kappa shape index (κ2) is 3.68. The van der Waals surface area contributed by atoms with Gasteiger partial charge in [0.15, 0.2) is 5.82 Å². The number of nitrogens with zero attached hydrogens (tertiary/aromatic N) is 2. The monoisotopic (exact) mass is 239 g/mol. The van der Waals surface area contributed by atoms with Crippen LogP contribution >= 0.6 is 0 Å². The Morgan fingerprint density at radius 1 is 1.17 bits per heavy atom. The predicted octanol–water partition coefficient (Wildman–Crippen LogP) is 1.60. The summed E-state index contributed by atoms with van der Waals surface area (Å²) in [6.07, 6.45) is 0.998. The molecule has 2 aromatic heterocycles. The fraction of sp³-hybridized carbons (Fsp3) is 0.231. The van der Waals surface area contributed by atoms with Crippen LogP contribution in [0.15, 0.2) is 24.3 Å². The fourth-order valence-corrected chi connectivity index (χ4v) is 2.51. The molecule has 0 fully saturated rings. The highest BCUT2D eigenvalue weighted by atomic mass is 15.2. The third kappa shape index (κ3) is 1.37. The van der Waals surface area contributed by atoms with Crippen molar-refractivity contribution in [3.05, 3.63) is 35.5 Å². The molecule has 3 heterocycles. The van der Waals surface area contributed by atoms with Crippen LogP contribution in [0.5, 0.6) is 0 Å². The Morgan fingerprint density at radius 3 is 3.06 bits per heavy atom. The van der Waals surface area contributed by atoms with Crippen LogP contribution in [0.4, 0.5) is 0 Å². The smallest absolute Gasteiger partial charge is 0.156 e. The molecule has 0 spiro atoms. The zero-order valence-electron chi connectivity index (χ0n) is 9.83. The molecule has 3 aromatic rings. The number of aromatic nitrogens is 4. The summed E-state index contributed by atoms with van der Waals surface area (Å²) in [4.78, 5) is 7.96. The van der Waals surface area contributed by atoms with E-state index in [1.54, 1.807) is 0 Å². The summed E-state index contributed by atoms with van der Waals surface area (Å²) >= 11 is 0.